The molecule has 0 saturated heterocycles. The first-order valence-electron chi connectivity index (χ1n) is 8.95. The second-order valence-corrected chi connectivity index (χ2v) is 6.83. The summed E-state index contributed by atoms with van der Waals surface area (Å²) in [6.07, 6.45) is -10.2. The Bertz CT molecular complexity index is 822. The highest BCUT2D eigenvalue weighted by molar-refractivity contribution is 5.72. The fourth-order valence-electron chi connectivity index (χ4n) is 3.22. The minimum atomic E-state index is -5.89. The minimum Gasteiger partial charge on any atom is -0.369 e. The summed E-state index contributed by atoms with van der Waals surface area (Å²) < 4.78 is 79.3. The minimum absolute atomic E-state index is 0.283. The van der Waals surface area contributed by atoms with E-state index in [9.17, 15) is 31.4 Å². The van der Waals surface area contributed by atoms with E-state index in [0.717, 1.165) is 29.2 Å². The second-order valence-electron chi connectivity index (χ2n) is 6.83. The molecule has 2 rings (SSSR count). The second kappa shape index (κ2) is 7.78. The third-order valence-electron chi connectivity index (χ3n) is 4.86. The molecule has 0 radical (unpaired) electrons. The van der Waals surface area contributed by atoms with Crippen molar-refractivity contribution in [2.75, 3.05) is 0 Å². The van der Waals surface area contributed by atoms with Crippen LogP contribution in [0.25, 0.3) is 11.1 Å². The van der Waals surface area contributed by atoms with Gasteiger partial charge in [-0.1, -0.05) is 56.7 Å². The predicted octanol–water partition coefficient (Wildman–Crippen LogP) is 6.49. The standard InChI is InChI=1S/C21H22F6O/c1-4-6-15-12-16(19(28,20(22,23)24)21(25,26)27)9-10-17(15)18-11-14(5-2)8-7-13(18)3/h7-12,28H,4-6H2,1-3H3. The van der Waals surface area contributed by atoms with Crippen molar-refractivity contribution in [1.29, 1.82) is 0 Å². The monoisotopic (exact) mass is 404 g/mol. The number of aryl methyl sites for hydroxylation is 3. The topological polar surface area (TPSA) is 20.2 Å². The largest absolute Gasteiger partial charge is 0.430 e. The molecule has 1 N–H and O–H groups in total. The van der Waals surface area contributed by atoms with Crippen LogP contribution in [0.2, 0.25) is 0 Å². The summed E-state index contributed by atoms with van der Waals surface area (Å²) in [6.45, 7) is 5.57. The van der Waals surface area contributed by atoms with Crippen LogP contribution in [-0.4, -0.2) is 17.5 Å². The Labute approximate surface area is 160 Å². The van der Waals surface area contributed by atoms with Crippen molar-refractivity contribution in [3.8, 4) is 11.1 Å². The number of benzene rings is 2. The molecule has 0 aliphatic carbocycles. The third-order valence-corrected chi connectivity index (χ3v) is 4.86. The van der Waals surface area contributed by atoms with Gasteiger partial charge >= 0.3 is 12.4 Å². The fourth-order valence-corrected chi connectivity index (χ4v) is 3.22. The highest BCUT2D eigenvalue weighted by Gasteiger charge is 2.71. The van der Waals surface area contributed by atoms with Crippen LogP contribution in [0.3, 0.4) is 0 Å². The van der Waals surface area contributed by atoms with Crippen molar-refractivity contribution < 1.29 is 31.4 Å². The van der Waals surface area contributed by atoms with Crippen LogP contribution in [0.5, 0.6) is 0 Å². The van der Waals surface area contributed by atoms with Crippen LogP contribution in [0.1, 0.15) is 42.5 Å². The fraction of sp³-hybridized carbons (Fsp3) is 0.429. The summed E-state index contributed by atoms with van der Waals surface area (Å²) in [5.74, 6) is 0. The van der Waals surface area contributed by atoms with Gasteiger partial charge in [0.1, 0.15) is 0 Å². The molecule has 1 nitrogen and oxygen atoms in total. The quantitative estimate of drug-likeness (QED) is 0.565. The normalized spacial score (nSPS) is 13.1. The molecule has 0 aromatic heterocycles. The molecule has 0 saturated carbocycles. The summed E-state index contributed by atoms with van der Waals surface area (Å²) in [4.78, 5) is 0. The van der Waals surface area contributed by atoms with Crippen molar-refractivity contribution in [1.82, 2.24) is 0 Å². The molecule has 0 aliphatic heterocycles. The lowest BCUT2D eigenvalue weighted by Gasteiger charge is -2.33. The molecule has 2 aromatic rings. The number of halogens is 6. The Morgan fingerprint density at radius 1 is 0.821 bits per heavy atom. The van der Waals surface area contributed by atoms with Gasteiger partial charge in [-0.25, -0.2) is 0 Å². The Morgan fingerprint density at radius 2 is 1.43 bits per heavy atom. The van der Waals surface area contributed by atoms with Crippen LogP contribution < -0.4 is 0 Å². The number of hydrogen-bond donors (Lipinski definition) is 1. The summed E-state index contributed by atoms with van der Waals surface area (Å²) >= 11 is 0. The first-order chi connectivity index (χ1) is 12.9. The average molecular weight is 404 g/mol. The first-order valence-corrected chi connectivity index (χ1v) is 8.95. The molecule has 0 amide bonds. The number of rotatable bonds is 5. The molecule has 0 bridgehead atoms. The van der Waals surface area contributed by atoms with E-state index in [4.69, 9.17) is 0 Å². The summed E-state index contributed by atoms with van der Waals surface area (Å²) in [5.41, 5.74) is -2.59. The van der Waals surface area contributed by atoms with Crippen LogP contribution in [-0.2, 0) is 18.4 Å². The molecule has 0 atom stereocenters. The van der Waals surface area contributed by atoms with Gasteiger partial charge < -0.3 is 5.11 Å². The van der Waals surface area contributed by atoms with Crippen molar-refractivity contribution in [3.05, 3.63) is 58.7 Å². The molecule has 0 spiro atoms. The van der Waals surface area contributed by atoms with Gasteiger partial charge in [0.05, 0.1) is 0 Å². The van der Waals surface area contributed by atoms with Crippen molar-refractivity contribution >= 4 is 0 Å². The van der Waals surface area contributed by atoms with E-state index >= 15 is 0 Å². The number of hydrogen-bond acceptors (Lipinski definition) is 1. The zero-order valence-electron chi connectivity index (χ0n) is 15.8. The smallest absolute Gasteiger partial charge is 0.369 e. The highest BCUT2D eigenvalue weighted by atomic mass is 19.4. The molecule has 0 fully saturated rings. The van der Waals surface area contributed by atoms with Gasteiger partial charge in [-0.3, -0.25) is 0 Å². The predicted molar refractivity (Wildman–Crippen MR) is 96.0 cm³/mol. The highest BCUT2D eigenvalue weighted by Crippen LogP contribution is 2.50. The maximum atomic E-state index is 13.2. The van der Waals surface area contributed by atoms with E-state index in [1.54, 1.807) is 6.92 Å². The van der Waals surface area contributed by atoms with Crippen LogP contribution >= 0.6 is 0 Å². The summed E-state index contributed by atoms with van der Waals surface area (Å²) in [5, 5.41) is 9.70. The van der Waals surface area contributed by atoms with Gasteiger partial charge in [0, 0.05) is 5.56 Å². The van der Waals surface area contributed by atoms with Gasteiger partial charge in [0.25, 0.3) is 5.60 Å². The van der Waals surface area contributed by atoms with Crippen LogP contribution in [0.4, 0.5) is 26.3 Å². The lowest BCUT2D eigenvalue weighted by molar-refractivity contribution is -0.376. The van der Waals surface area contributed by atoms with E-state index < -0.39 is 23.5 Å². The molecule has 154 valence electrons. The SMILES string of the molecule is CCCc1cc(C(O)(C(F)(F)F)C(F)(F)F)ccc1-c1cc(CC)ccc1C. The summed E-state index contributed by atoms with van der Waals surface area (Å²) in [7, 11) is 0. The molecule has 2 aromatic carbocycles. The Hall–Kier alpha value is -2.02. The Balaban J connectivity index is 2.73. The van der Waals surface area contributed by atoms with E-state index in [0.29, 0.717) is 23.6 Å². The zero-order chi connectivity index (χ0) is 21.3. The first kappa shape index (κ1) is 22.3. The van der Waals surface area contributed by atoms with Crippen LogP contribution in [0, 0.1) is 6.92 Å². The third kappa shape index (κ3) is 3.90. The number of aliphatic hydroxyl groups is 1. The van der Waals surface area contributed by atoms with E-state index in [-0.39, 0.29) is 6.42 Å². The molecule has 28 heavy (non-hydrogen) atoms. The number of alkyl halides is 6. The lowest BCUT2D eigenvalue weighted by atomic mass is 9.85. The van der Waals surface area contributed by atoms with Crippen molar-refractivity contribution in [2.45, 2.75) is 58.0 Å². The van der Waals surface area contributed by atoms with E-state index in [1.807, 2.05) is 32.0 Å². The lowest BCUT2D eigenvalue weighted by Crippen LogP contribution is -2.53. The van der Waals surface area contributed by atoms with Gasteiger partial charge in [0.15, 0.2) is 0 Å². The molecular weight excluding hydrogens is 382 g/mol. The van der Waals surface area contributed by atoms with E-state index in [2.05, 4.69) is 0 Å². The van der Waals surface area contributed by atoms with Gasteiger partial charge in [-0.15, -0.1) is 0 Å². The molecule has 0 unspecified atom stereocenters. The van der Waals surface area contributed by atoms with Crippen molar-refractivity contribution in [2.24, 2.45) is 0 Å². The van der Waals surface area contributed by atoms with Gasteiger partial charge in [-0.05, 0) is 47.6 Å². The molecule has 0 heterocycles. The van der Waals surface area contributed by atoms with Gasteiger partial charge in [0.2, 0.25) is 0 Å². The Morgan fingerprint density at radius 3 is 1.93 bits per heavy atom. The maximum Gasteiger partial charge on any atom is 0.430 e. The van der Waals surface area contributed by atoms with Crippen molar-refractivity contribution in [3.63, 3.8) is 0 Å². The molecular formula is C21H22F6O. The van der Waals surface area contributed by atoms with Crippen LogP contribution in [0.15, 0.2) is 36.4 Å². The molecule has 7 heteroatoms. The van der Waals surface area contributed by atoms with E-state index in [1.165, 1.54) is 6.07 Å². The maximum absolute atomic E-state index is 13.2. The van der Waals surface area contributed by atoms with Gasteiger partial charge in [-0.2, -0.15) is 26.3 Å². The zero-order valence-corrected chi connectivity index (χ0v) is 15.8. The Kier molecular flexibility index (Phi) is 6.19. The molecule has 0 aliphatic rings. The summed E-state index contributed by atoms with van der Waals surface area (Å²) in [6, 6.07) is 8.48. The average Bonchev–Trinajstić information content (AvgIpc) is 2.60.